The summed E-state index contributed by atoms with van der Waals surface area (Å²) < 4.78 is 30.7. The van der Waals surface area contributed by atoms with Gasteiger partial charge in [0.2, 0.25) is 15.8 Å². The third kappa shape index (κ3) is 5.50. The van der Waals surface area contributed by atoms with Gasteiger partial charge in [0.15, 0.2) is 0 Å². The Bertz CT molecular complexity index is 1270. The number of fused-ring (bicyclic) bond motifs is 1. The van der Waals surface area contributed by atoms with Crippen molar-refractivity contribution >= 4 is 39.4 Å². The molecule has 2 aromatic carbocycles. The molecule has 0 aromatic heterocycles. The number of benzene rings is 2. The molecule has 33 heavy (non-hydrogen) atoms. The lowest BCUT2D eigenvalue weighted by atomic mass is 10.1. The summed E-state index contributed by atoms with van der Waals surface area (Å²) in [6.07, 6.45) is 2.54. The average Bonchev–Trinajstić information content (AvgIpc) is 3.08. The topological polar surface area (TPSA) is 120 Å². The number of anilines is 2. The molecule has 0 bridgehead atoms. The number of carbonyl (C=O) groups excluding carboxylic acids is 2. The summed E-state index contributed by atoms with van der Waals surface area (Å²) in [5.41, 5.74) is 2.82. The first kappa shape index (κ1) is 22.3. The van der Waals surface area contributed by atoms with Crippen molar-refractivity contribution in [3.8, 4) is 0 Å². The highest BCUT2D eigenvalue weighted by molar-refractivity contribution is 7.92. The standard InChI is InChI=1S/C22H23N5O5S/c1-15-6-3-4-7-16(15)13-26-10-11-27-14-19(32-22(27)24-21(26)29)20(28)23-17-8-5-9-18(12-17)25-33(2,30)31/h3-9,12,14,25H,10-11,13H2,1-2H3,(H,23,28). The average molecular weight is 470 g/mol. The van der Waals surface area contributed by atoms with Gasteiger partial charge >= 0.3 is 12.1 Å². The van der Waals surface area contributed by atoms with Crippen LogP contribution in [0.1, 0.15) is 11.1 Å². The van der Waals surface area contributed by atoms with Crippen LogP contribution in [0, 0.1) is 6.92 Å². The number of hydrogen-bond donors (Lipinski definition) is 2. The molecular weight excluding hydrogens is 446 g/mol. The van der Waals surface area contributed by atoms with Crippen molar-refractivity contribution in [2.75, 3.05) is 29.4 Å². The smallest absolute Gasteiger partial charge is 0.348 e. The summed E-state index contributed by atoms with van der Waals surface area (Å²) >= 11 is 0. The van der Waals surface area contributed by atoms with E-state index in [9.17, 15) is 18.0 Å². The lowest BCUT2D eigenvalue weighted by Gasteiger charge is -2.20. The number of hydrogen-bond acceptors (Lipinski definition) is 6. The number of aryl methyl sites for hydroxylation is 1. The van der Waals surface area contributed by atoms with Gasteiger partial charge in [-0.3, -0.25) is 14.4 Å². The lowest BCUT2D eigenvalue weighted by molar-refractivity contribution is -0.114. The summed E-state index contributed by atoms with van der Waals surface area (Å²) in [7, 11) is -3.45. The van der Waals surface area contributed by atoms with E-state index in [1.54, 1.807) is 28.0 Å². The van der Waals surface area contributed by atoms with Gasteiger partial charge in [-0.25, -0.2) is 13.2 Å². The van der Waals surface area contributed by atoms with Gasteiger partial charge in [-0.2, -0.15) is 0 Å². The number of amidine groups is 1. The second-order valence-electron chi connectivity index (χ2n) is 7.72. The van der Waals surface area contributed by atoms with Gasteiger partial charge in [-0.15, -0.1) is 4.99 Å². The zero-order valence-electron chi connectivity index (χ0n) is 18.1. The van der Waals surface area contributed by atoms with Crippen LogP contribution in [-0.4, -0.2) is 55.5 Å². The van der Waals surface area contributed by atoms with Gasteiger partial charge in [0.25, 0.3) is 5.91 Å². The van der Waals surface area contributed by atoms with Gasteiger partial charge in [-0.05, 0) is 36.2 Å². The van der Waals surface area contributed by atoms with E-state index >= 15 is 0 Å². The molecule has 4 rings (SSSR count). The van der Waals surface area contributed by atoms with E-state index in [1.165, 1.54) is 12.3 Å². The molecule has 0 radical (unpaired) electrons. The van der Waals surface area contributed by atoms with E-state index in [0.29, 0.717) is 31.0 Å². The molecule has 2 aliphatic heterocycles. The highest BCUT2D eigenvalue weighted by Crippen LogP contribution is 2.22. The van der Waals surface area contributed by atoms with Crippen LogP contribution in [0.2, 0.25) is 0 Å². The highest BCUT2D eigenvalue weighted by Gasteiger charge is 2.31. The number of nitrogens with zero attached hydrogens (tertiary/aromatic N) is 3. The molecule has 2 aromatic rings. The van der Waals surface area contributed by atoms with Crippen LogP contribution in [0.4, 0.5) is 16.2 Å². The van der Waals surface area contributed by atoms with Gasteiger partial charge in [-0.1, -0.05) is 30.3 Å². The maximum Gasteiger partial charge on any atom is 0.348 e. The van der Waals surface area contributed by atoms with Crippen molar-refractivity contribution in [3.05, 3.63) is 71.6 Å². The fraction of sp³-hybridized carbons (Fsp3) is 0.227. The monoisotopic (exact) mass is 469 g/mol. The molecule has 2 heterocycles. The van der Waals surface area contributed by atoms with Crippen LogP contribution in [0.25, 0.3) is 0 Å². The van der Waals surface area contributed by atoms with Crippen LogP contribution in [0.15, 0.2) is 65.5 Å². The summed E-state index contributed by atoms with van der Waals surface area (Å²) in [5.74, 6) is -0.568. The molecule has 0 spiro atoms. The lowest BCUT2D eigenvalue weighted by Crippen LogP contribution is -2.32. The first-order chi connectivity index (χ1) is 15.7. The van der Waals surface area contributed by atoms with Crippen molar-refractivity contribution in [1.29, 1.82) is 0 Å². The molecule has 0 fully saturated rings. The number of nitrogens with one attached hydrogen (secondary N) is 2. The van der Waals surface area contributed by atoms with Gasteiger partial charge in [0.05, 0.1) is 18.1 Å². The van der Waals surface area contributed by atoms with E-state index in [4.69, 9.17) is 4.74 Å². The molecule has 2 aliphatic rings. The maximum absolute atomic E-state index is 12.6. The van der Waals surface area contributed by atoms with Gasteiger partial charge in [0.1, 0.15) is 0 Å². The van der Waals surface area contributed by atoms with E-state index < -0.39 is 22.0 Å². The predicted octanol–water partition coefficient (Wildman–Crippen LogP) is 2.47. The third-order valence-corrected chi connectivity index (χ3v) is 5.67. The zero-order chi connectivity index (χ0) is 23.6. The number of rotatable bonds is 6. The van der Waals surface area contributed by atoms with Gasteiger partial charge in [0, 0.05) is 25.3 Å². The number of amides is 3. The molecule has 172 valence electrons. The van der Waals surface area contributed by atoms with E-state index in [1.807, 2.05) is 31.2 Å². The van der Waals surface area contributed by atoms with Crippen LogP contribution in [0.5, 0.6) is 0 Å². The Balaban J connectivity index is 1.41. The summed E-state index contributed by atoms with van der Waals surface area (Å²) in [4.78, 5) is 32.6. The van der Waals surface area contributed by atoms with E-state index in [0.717, 1.165) is 17.4 Å². The molecule has 0 saturated heterocycles. The maximum atomic E-state index is 12.6. The van der Waals surface area contributed by atoms with E-state index in [-0.39, 0.29) is 11.8 Å². The number of urea groups is 1. The van der Waals surface area contributed by atoms with Crippen molar-refractivity contribution < 1.29 is 22.7 Å². The van der Waals surface area contributed by atoms with Crippen LogP contribution in [0.3, 0.4) is 0 Å². The van der Waals surface area contributed by atoms with Crippen molar-refractivity contribution in [2.45, 2.75) is 13.5 Å². The summed E-state index contributed by atoms with van der Waals surface area (Å²) in [6.45, 7) is 3.26. The van der Waals surface area contributed by atoms with Crippen LogP contribution >= 0.6 is 0 Å². The molecule has 0 atom stereocenters. The van der Waals surface area contributed by atoms with Crippen molar-refractivity contribution in [1.82, 2.24) is 9.80 Å². The Hall–Kier alpha value is -3.86. The normalized spacial score (nSPS) is 15.8. The third-order valence-electron chi connectivity index (χ3n) is 5.06. The largest absolute Gasteiger partial charge is 0.418 e. The molecular formula is C22H23N5O5S. The second kappa shape index (κ2) is 8.94. The Morgan fingerprint density at radius 2 is 1.88 bits per heavy atom. The van der Waals surface area contributed by atoms with Crippen molar-refractivity contribution in [3.63, 3.8) is 0 Å². The quantitative estimate of drug-likeness (QED) is 0.671. The molecule has 10 nitrogen and oxygen atoms in total. The fourth-order valence-electron chi connectivity index (χ4n) is 3.42. The number of carbonyl (C=O) groups is 2. The number of aliphatic imine (C=N–C) groups is 1. The molecule has 11 heteroatoms. The summed E-state index contributed by atoms with van der Waals surface area (Å²) in [6, 6.07) is 13.7. The van der Waals surface area contributed by atoms with Crippen LogP contribution in [-0.2, 0) is 26.1 Å². The fourth-order valence-corrected chi connectivity index (χ4v) is 3.97. The second-order valence-corrected chi connectivity index (χ2v) is 9.47. The SMILES string of the molecule is Cc1ccccc1CN1CCN2C=C(C(=O)Nc3cccc(NS(C)(=O)=O)c3)OC2=NC1=O. The number of sulfonamides is 1. The Kier molecular flexibility index (Phi) is 6.05. The number of ether oxygens (including phenoxy) is 1. The minimum Gasteiger partial charge on any atom is -0.418 e. The first-order valence-electron chi connectivity index (χ1n) is 10.2. The van der Waals surface area contributed by atoms with E-state index in [2.05, 4.69) is 15.0 Å². The molecule has 2 N–H and O–H groups in total. The van der Waals surface area contributed by atoms with Crippen molar-refractivity contribution in [2.24, 2.45) is 4.99 Å². The molecule has 0 unspecified atom stereocenters. The Morgan fingerprint density at radius 3 is 2.64 bits per heavy atom. The van der Waals surface area contributed by atoms with Gasteiger partial charge < -0.3 is 15.0 Å². The molecule has 3 amide bonds. The predicted molar refractivity (Wildman–Crippen MR) is 124 cm³/mol. The molecule has 0 aliphatic carbocycles. The summed E-state index contributed by atoms with van der Waals surface area (Å²) in [5, 5.41) is 2.65. The highest BCUT2D eigenvalue weighted by atomic mass is 32.2. The zero-order valence-corrected chi connectivity index (χ0v) is 18.9. The Labute approximate surface area is 191 Å². The van der Waals surface area contributed by atoms with Crippen LogP contribution < -0.4 is 10.0 Å². The molecule has 0 saturated carbocycles. The first-order valence-corrected chi connectivity index (χ1v) is 12.0. The Morgan fingerprint density at radius 1 is 1.12 bits per heavy atom. The minimum atomic E-state index is -3.45. The minimum absolute atomic E-state index is 0.0182.